The maximum atomic E-state index is 6.41. The predicted molar refractivity (Wildman–Crippen MR) is 73.5 cm³/mol. The second kappa shape index (κ2) is 4.27. The van der Waals surface area contributed by atoms with Crippen LogP contribution in [-0.4, -0.2) is 5.60 Å². The number of fused-ring (bicyclic) bond motifs is 1. The fourth-order valence-electron chi connectivity index (χ4n) is 3.75. The van der Waals surface area contributed by atoms with Gasteiger partial charge in [0.05, 0.1) is 0 Å². The number of rotatable bonds is 0. The van der Waals surface area contributed by atoms with Crippen molar-refractivity contribution in [3.05, 3.63) is 29.8 Å². The third kappa shape index (κ3) is 1.83. The molecule has 1 saturated carbocycles. The smallest absolute Gasteiger partial charge is 0.124 e. The second-order valence-corrected chi connectivity index (χ2v) is 6.30. The van der Waals surface area contributed by atoms with Crippen molar-refractivity contribution in [3.8, 4) is 5.75 Å². The van der Waals surface area contributed by atoms with E-state index >= 15 is 0 Å². The molecular formula is C16H23NO. The van der Waals surface area contributed by atoms with E-state index in [-0.39, 0.29) is 11.6 Å². The second-order valence-electron chi connectivity index (χ2n) is 6.30. The average Bonchev–Trinajstić information content (AvgIpc) is 2.35. The van der Waals surface area contributed by atoms with Gasteiger partial charge in [0.25, 0.3) is 0 Å². The molecule has 0 aromatic heterocycles. The zero-order chi connectivity index (χ0) is 12.8. The summed E-state index contributed by atoms with van der Waals surface area (Å²) in [7, 11) is 0. The van der Waals surface area contributed by atoms with E-state index in [2.05, 4.69) is 26.0 Å². The molecule has 18 heavy (non-hydrogen) atoms. The summed E-state index contributed by atoms with van der Waals surface area (Å²) in [4.78, 5) is 0. The van der Waals surface area contributed by atoms with Gasteiger partial charge in [0.1, 0.15) is 11.4 Å². The standard InChI is InChI=1S/C16H23NO/c1-11-7-8-16(12(2)9-11)10-14(17)13-5-3-4-6-15(13)18-16/h3-6,11-12,14H,7-10,17H2,1-2H3/t11?,12?,14-,16?/m0/s1. The summed E-state index contributed by atoms with van der Waals surface area (Å²) in [5.74, 6) is 2.43. The van der Waals surface area contributed by atoms with Crippen molar-refractivity contribution in [2.75, 3.05) is 0 Å². The van der Waals surface area contributed by atoms with Gasteiger partial charge in [0, 0.05) is 18.0 Å². The minimum atomic E-state index is -0.0136. The van der Waals surface area contributed by atoms with Gasteiger partial charge in [-0.1, -0.05) is 32.0 Å². The van der Waals surface area contributed by atoms with Crippen LogP contribution in [0.2, 0.25) is 0 Å². The van der Waals surface area contributed by atoms with Gasteiger partial charge in [-0.3, -0.25) is 0 Å². The van der Waals surface area contributed by atoms with E-state index in [9.17, 15) is 0 Å². The lowest BCUT2D eigenvalue weighted by Gasteiger charge is -2.49. The van der Waals surface area contributed by atoms with Crippen molar-refractivity contribution >= 4 is 0 Å². The molecule has 0 amide bonds. The summed E-state index contributed by atoms with van der Waals surface area (Å²) in [5, 5.41) is 0. The van der Waals surface area contributed by atoms with Crippen LogP contribution >= 0.6 is 0 Å². The third-order valence-corrected chi connectivity index (χ3v) is 4.91. The first-order chi connectivity index (χ1) is 8.61. The fraction of sp³-hybridized carbons (Fsp3) is 0.625. The molecule has 98 valence electrons. The molecule has 2 aliphatic rings. The van der Waals surface area contributed by atoms with Crippen molar-refractivity contribution in [2.45, 2.75) is 51.2 Å². The number of hydrogen-bond donors (Lipinski definition) is 1. The molecule has 1 spiro atoms. The summed E-state index contributed by atoms with van der Waals surface area (Å²) in [6.45, 7) is 4.68. The lowest BCUT2D eigenvalue weighted by atomic mass is 9.68. The van der Waals surface area contributed by atoms with Crippen LogP contribution in [0.4, 0.5) is 0 Å². The van der Waals surface area contributed by atoms with Crippen LogP contribution in [0.25, 0.3) is 0 Å². The highest BCUT2D eigenvalue weighted by atomic mass is 16.5. The highest BCUT2D eigenvalue weighted by molar-refractivity contribution is 5.39. The SMILES string of the molecule is CC1CCC2(C[C@H](N)c3ccccc3O2)C(C)C1. The molecule has 3 rings (SSSR count). The average molecular weight is 245 g/mol. The summed E-state index contributed by atoms with van der Waals surface area (Å²) >= 11 is 0. The van der Waals surface area contributed by atoms with E-state index < -0.39 is 0 Å². The molecule has 2 N–H and O–H groups in total. The zero-order valence-corrected chi connectivity index (χ0v) is 11.4. The number of hydrogen-bond acceptors (Lipinski definition) is 2. The number of nitrogens with two attached hydrogens (primary N) is 1. The monoisotopic (exact) mass is 245 g/mol. The topological polar surface area (TPSA) is 35.2 Å². The van der Waals surface area contributed by atoms with E-state index in [1.165, 1.54) is 18.4 Å². The van der Waals surface area contributed by atoms with E-state index in [0.29, 0.717) is 5.92 Å². The van der Waals surface area contributed by atoms with Crippen LogP contribution < -0.4 is 10.5 Å². The molecule has 1 aromatic rings. The minimum Gasteiger partial charge on any atom is -0.487 e. The zero-order valence-electron chi connectivity index (χ0n) is 11.4. The molecule has 0 bridgehead atoms. The summed E-state index contributed by atoms with van der Waals surface area (Å²) < 4.78 is 6.41. The van der Waals surface area contributed by atoms with Gasteiger partial charge < -0.3 is 10.5 Å². The minimum absolute atomic E-state index is 0.0136. The Hall–Kier alpha value is -1.02. The maximum absolute atomic E-state index is 6.41. The Balaban J connectivity index is 1.93. The van der Waals surface area contributed by atoms with Crippen LogP contribution in [0, 0.1) is 11.8 Å². The summed E-state index contributed by atoms with van der Waals surface area (Å²) in [6.07, 6.45) is 4.64. The first-order valence-corrected chi connectivity index (χ1v) is 7.14. The van der Waals surface area contributed by atoms with Gasteiger partial charge >= 0.3 is 0 Å². The van der Waals surface area contributed by atoms with Crippen LogP contribution in [0.1, 0.15) is 51.1 Å². The molecular weight excluding hydrogens is 222 g/mol. The van der Waals surface area contributed by atoms with E-state index in [4.69, 9.17) is 10.5 Å². The Labute approximate surface area is 110 Å². The molecule has 3 unspecified atom stereocenters. The number of benzene rings is 1. The molecule has 1 aliphatic carbocycles. The first-order valence-electron chi connectivity index (χ1n) is 7.14. The van der Waals surface area contributed by atoms with Gasteiger partial charge in [-0.15, -0.1) is 0 Å². The van der Waals surface area contributed by atoms with E-state index in [1.807, 2.05) is 12.1 Å². The molecule has 2 heteroatoms. The Kier molecular flexibility index (Phi) is 2.86. The molecule has 2 nitrogen and oxygen atoms in total. The predicted octanol–water partition coefficient (Wildman–Crippen LogP) is 3.66. The fourth-order valence-corrected chi connectivity index (χ4v) is 3.75. The third-order valence-electron chi connectivity index (χ3n) is 4.91. The van der Waals surface area contributed by atoms with Gasteiger partial charge in [0.15, 0.2) is 0 Å². The Bertz CT molecular complexity index is 444. The Morgan fingerprint density at radius 2 is 2.06 bits per heavy atom. The van der Waals surface area contributed by atoms with Crippen molar-refractivity contribution in [3.63, 3.8) is 0 Å². The lowest BCUT2D eigenvalue weighted by Crippen LogP contribution is -2.50. The highest BCUT2D eigenvalue weighted by Crippen LogP contribution is 2.48. The molecule has 1 aromatic carbocycles. The van der Waals surface area contributed by atoms with Crippen molar-refractivity contribution in [1.29, 1.82) is 0 Å². The quantitative estimate of drug-likeness (QED) is 0.757. The number of para-hydroxylation sites is 1. The van der Waals surface area contributed by atoms with Crippen LogP contribution in [-0.2, 0) is 0 Å². The normalized spacial score (nSPS) is 39.2. The first kappa shape index (κ1) is 12.0. The van der Waals surface area contributed by atoms with Gasteiger partial charge in [-0.25, -0.2) is 0 Å². The molecule has 1 fully saturated rings. The summed E-state index contributed by atoms with van der Waals surface area (Å²) in [5.41, 5.74) is 7.53. The van der Waals surface area contributed by atoms with Crippen molar-refractivity contribution in [2.24, 2.45) is 17.6 Å². The maximum Gasteiger partial charge on any atom is 0.124 e. The van der Waals surface area contributed by atoms with Crippen molar-refractivity contribution < 1.29 is 4.74 Å². The van der Waals surface area contributed by atoms with Crippen LogP contribution in [0.15, 0.2) is 24.3 Å². The number of ether oxygens (including phenoxy) is 1. The van der Waals surface area contributed by atoms with Crippen LogP contribution in [0.5, 0.6) is 5.75 Å². The Morgan fingerprint density at radius 1 is 1.28 bits per heavy atom. The van der Waals surface area contributed by atoms with Gasteiger partial charge in [0.2, 0.25) is 0 Å². The Morgan fingerprint density at radius 3 is 2.83 bits per heavy atom. The van der Waals surface area contributed by atoms with Gasteiger partial charge in [-0.2, -0.15) is 0 Å². The largest absolute Gasteiger partial charge is 0.487 e. The lowest BCUT2D eigenvalue weighted by molar-refractivity contribution is -0.0519. The molecule has 1 aliphatic heterocycles. The summed E-state index contributed by atoms with van der Waals surface area (Å²) in [6, 6.07) is 8.39. The molecule has 0 radical (unpaired) electrons. The molecule has 0 saturated heterocycles. The van der Waals surface area contributed by atoms with Crippen LogP contribution in [0.3, 0.4) is 0 Å². The molecule has 1 heterocycles. The van der Waals surface area contributed by atoms with Crippen molar-refractivity contribution in [1.82, 2.24) is 0 Å². The van der Waals surface area contributed by atoms with E-state index in [1.54, 1.807) is 0 Å². The molecule has 4 atom stereocenters. The van der Waals surface area contributed by atoms with E-state index in [0.717, 1.165) is 24.5 Å². The van der Waals surface area contributed by atoms with Gasteiger partial charge in [-0.05, 0) is 37.2 Å². The highest BCUT2D eigenvalue weighted by Gasteiger charge is 2.46.